The van der Waals surface area contributed by atoms with Crippen molar-refractivity contribution in [2.24, 2.45) is 5.73 Å². The maximum atomic E-state index is 10.9. The molecule has 0 aliphatic carbocycles. The van der Waals surface area contributed by atoms with Crippen LogP contribution < -0.4 is 5.73 Å². The summed E-state index contributed by atoms with van der Waals surface area (Å²) in [5, 5.41) is 0.850. The zero-order valence-corrected chi connectivity index (χ0v) is 8.73. The lowest BCUT2D eigenvalue weighted by Crippen LogP contribution is -2.10. The highest BCUT2D eigenvalue weighted by Gasteiger charge is 2.06. The van der Waals surface area contributed by atoms with E-state index in [1.165, 1.54) is 11.3 Å². The Morgan fingerprint density at radius 3 is 3.00 bits per heavy atom. The Hall–Kier alpha value is -1.13. The molecule has 3 nitrogen and oxygen atoms in total. The highest BCUT2D eigenvalue weighted by molar-refractivity contribution is 7.18. The van der Waals surface area contributed by atoms with E-state index < -0.39 is 5.91 Å². The van der Waals surface area contributed by atoms with Crippen LogP contribution in [0.1, 0.15) is 15.4 Å². The second-order valence-electron chi connectivity index (χ2n) is 2.79. The van der Waals surface area contributed by atoms with Crippen LogP contribution in [0.25, 0.3) is 10.2 Å². The number of halogens is 1. The predicted molar refractivity (Wildman–Crippen MR) is 57.7 cm³/mol. The van der Waals surface area contributed by atoms with Gasteiger partial charge in [-0.25, -0.2) is 4.98 Å². The van der Waals surface area contributed by atoms with Crippen molar-refractivity contribution in [2.45, 2.75) is 5.88 Å². The molecule has 0 saturated heterocycles. The van der Waals surface area contributed by atoms with E-state index in [2.05, 4.69) is 4.98 Å². The highest BCUT2D eigenvalue weighted by atomic mass is 35.5. The zero-order valence-electron chi connectivity index (χ0n) is 7.16. The fraction of sp³-hybridized carbons (Fsp3) is 0.111. The van der Waals surface area contributed by atoms with Crippen LogP contribution in [-0.4, -0.2) is 10.9 Å². The Morgan fingerprint density at radius 1 is 1.57 bits per heavy atom. The first-order valence-electron chi connectivity index (χ1n) is 3.96. The van der Waals surface area contributed by atoms with Gasteiger partial charge in [0.2, 0.25) is 5.91 Å². The largest absolute Gasteiger partial charge is 0.366 e. The molecule has 0 atom stereocenters. The molecule has 2 rings (SSSR count). The Kier molecular flexibility index (Phi) is 2.39. The first kappa shape index (κ1) is 9.43. The van der Waals surface area contributed by atoms with Crippen LogP contribution in [0.4, 0.5) is 0 Å². The van der Waals surface area contributed by atoms with Crippen molar-refractivity contribution in [3.63, 3.8) is 0 Å². The van der Waals surface area contributed by atoms with Gasteiger partial charge in [0.25, 0.3) is 0 Å². The van der Waals surface area contributed by atoms with E-state index >= 15 is 0 Å². The quantitative estimate of drug-likeness (QED) is 0.798. The lowest BCUT2D eigenvalue weighted by molar-refractivity contribution is 0.100. The number of aromatic nitrogens is 1. The van der Waals surface area contributed by atoms with E-state index in [9.17, 15) is 4.79 Å². The van der Waals surface area contributed by atoms with Gasteiger partial charge in [-0.15, -0.1) is 22.9 Å². The molecule has 0 saturated carbocycles. The number of primary amides is 1. The van der Waals surface area contributed by atoms with Crippen LogP contribution >= 0.6 is 22.9 Å². The molecule has 72 valence electrons. The van der Waals surface area contributed by atoms with E-state index in [1.807, 2.05) is 0 Å². The molecule has 1 heterocycles. The fourth-order valence-electron chi connectivity index (χ4n) is 1.18. The summed E-state index contributed by atoms with van der Waals surface area (Å²) in [6.07, 6.45) is 0. The normalized spacial score (nSPS) is 10.6. The molecule has 0 unspecified atom stereocenters. The van der Waals surface area contributed by atoms with Gasteiger partial charge in [0.15, 0.2) is 0 Å². The zero-order chi connectivity index (χ0) is 10.1. The number of hydrogen-bond donors (Lipinski definition) is 1. The van der Waals surface area contributed by atoms with Gasteiger partial charge in [0.05, 0.1) is 16.1 Å². The standard InChI is InChI=1S/C9H7ClN2OS/c10-4-8-12-6-2-1-5(9(11)13)3-7(6)14-8/h1-3H,4H2,(H2,11,13). The van der Waals surface area contributed by atoms with Crippen molar-refractivity contribution in [1.29, 1.82) is 0 Å². The number of carbonyl (C=O) groups is 1. The average molecular weight is 227 g/mol. The smallest absolute Gasteiger partial charge is 0.248 e. The monoisotopic (exact) mass is 226 g/mol. The Balaban J connectivity index is 2.59. The van der Waals surface area contributed by atoms with Crippen molar-refractivity contribution in [3.05, 3.63) is 28.8 Å². The summed E-state index contributed by atoms with van der Waals surface area (Å²) in [6, 6.07) is 5.19. The molecular formula is C9H7ClN2OS. The molecule has 0 bridgehead atoms. The van der Waals surface area contributed by atoms with Gasteiger partial charge >= 0.3 is 0 Å². The number of alkyl halides is 1. The van der Waals surface area contributed by atoms with Gasteiger partial charge in [-0.05, 0) is 18.2 Å². The van der Waals surface area contributed by atoms with E-state index in [0.717, 1.165) is 15.2 Å². The summed E-state index contributed by atoms with van der Waals surface area (Å²) < 4.78 is 0.942. The molecular weight excluding hydrogens is 220 g/mol. The lowest BCUT2D eigenvalue weighted by Gasteiger charge is -1.92. The summed E-state index contributed by atoms with van der Waals surface area (Å²) in [5.41, 5.74) is 6.52. The minimum atomic E-state index is -0.423. The lowest BCUT2D eigenvalue weighted by atomic mass is 10.2. The summed E-state index contributed by atoms with van der Waals surface area (Å²) in [5.74, 6) is -0.0293. The molecule has 0 radical (unpaired) electrons. The number of rotatable bonds is 2. The number of fused-ring (bicyclic) bond motifs is 1. The third kappa shape index (κ3) is 1.58. The fourth-order valence-corrected chi connectivity index (χ4v) is 2.26. The third-order valence-corrected chi connectivity index (χ3v) is 3.26. The topological polar surface area (TPSA) is 56.0 Å². The Labute approximate surface area is 89.5 Å². The predicted octanol–water partition coefficient (Wildman–Crippen LogP) is 2.13. The number of hydrogen-bond acceptors (Lipinski definition) is 3. The second-order valence-corrected chi connectivity index (χ2v) is 4.17. The molecule has 2 aromatic rings. The van der Waals surface area contributed by atoms with Gasteiger partial charge in [-0.2, -0.15) is 0 Å². The third-order valence-electron chi connectivity index (χ3n) is 1.83. The van der Waals surface area contributed by atoms with Crippen LogP contribution in [0.3, 0.4) is 0 Å². The molecule has 14 heavy (non-hydrogen) atoms. The van der Waals surface area contributed by atoms with E-state index in [0.29, 0.717) is 11.4 Å². The number of carbonyl (C=O) groups excluding carboxylic acids is 1. The number of nitrogens with two attached hydrogens (primary N) is 1. The van der Waals surface area contributed by atoms with Gasteiger partial charge in [-0.1, -0.05) is 0 Å². The molecule has 1 aromatic carbocycles. The van der Waals surface area contributed by atoms with Gasteiger partial charge in [-0.3, -0.25) is 4.79 Å². The number of nitrogens with zero attached hydrogens (tertiary/aromatic N) is 1. The van der Waals surface area contributed by atoms with Gasteiger partial charge in [0.1, 0.15) is 5.01 Å². The Morgan fingerprint density at radius 2 is 2.36 bits per heavy atom. The highest BCUT2D eigenvalue weighted by Crippen LogP contribution is 2.24. The van der Waals surface area contributed by atoms with Crippen LogP contribution in [0.2, 0.25) is 0 Å². The Bertz CT molecular complexity index is 495. The van der Waals surface area contributed by atoms with Crippen LogP contribution in [0, 0.1) is 0 Å². The van der Waals surface area contributed by atoms with Crippen LogP contribution in [0.5, 0.6) is 0 Å². The van der Waals surface area contributed by atoms with Crippen molar-refractivity contribution >= 4 is 39.1 Å². The van der Waals surface area contributed by atoms with Crippen molar-refractivity contribution in [3.8, 4) is 0 Å². The summed E-state index contributed by atoms with van der Waals surface area (Å²) >= 11 is 7.14. The van der Waals surface area contributed by atoms with Gasteiger partial charge < -0.3 is 5.73 Å². The van der Waals surface area contributed by atoms with Crippen molar-refractivity contribution in [2.75, 3.05) is 0 Å². The maximum Gasteiger partial charge on any atom is 0.248 e. The summed E-state index contributed by atoms with van der Waals surface area (Å²) in [4.78, 5) is 15.2. The molecule has 1 amide bonds. The molecule has 2 N–H and O–H groups in total. The minimum Gasteiger partial charge on any atom is -0.366 e. The molecule has 0 aliphatic rings. The van der Waals surface area contributed by atoms with E-state index in [4.69, 9.17) is 17.3 Å². The first-order valence-corrected chi connectivity index (χ1v) is 5.31. The van der Waals surface area contributed by atoms with E-state index in [1.54, 1.807) is 18.2 Å². The maximum absolute atomic E-state index is 10.9. The van der Waals surface area contributed by atoms with Crippen LogP contribution in [0.15, 0.2) is 18.2 Å². The minimum absolute atomic E-state index is 0.394. The van der Waals surface area contributed by atoms with Gasteiger partial charge in [0, 0.05) is 5.56 Å². The number of benzene rings is 1. The SMILES string of the molecule is NC(=O)c1ccc2nc(CCl)sc2c1. The number of amides is 1. The van der Waals surface area contributed by atoms with Crippen molar-refractivity contribution in [1.82, 2.24) is 4.98 Å². The number of thiazole rings is 1. The summed E-state index contributed by atoms with van der Waals surface area (Å²) in [7, 11) is 0. The first-order chi connectivity index (χ1) is 6.70. The summed E-state index contributed by atoms with van der Waals surface area (Å²) in [6.45, 7) is 0. The van der Waals surface area contributed by atoms with E-state index in [-0.39, 0.29) is 0 Å². The molecule has 0 spiro atoms. The average Bonchev–Trinajstić information content (AvgIpc) is 2.58. The molecule has 5 heteroatoms. The molecule has 0 fully saturated rings. The van der Waals surface area contributed by atoms with Crippen LogP contribution in [-0.2, 0) is 5.88 Å². The van der Waals surface area contributed by atoms with Crippen molar-refractivity contribution < 1.29 is 4.79 Å². The molecule has 1 aromatic heterocycles. The molecule has 0 aliphatic heterocycles. The second kappa shape index (κ2) is 3.55.